The van der Waals surface area contributed by atoms with Crippen LogP contribution in [0, 0.1) is 6.92 Å². The summed E-state index contributed by atoms with van der Waals surface area (Å²) >= 11 is 2.26. The molecular weight excluding hydrogens is 480 g/mol. The molecule has 1 aromatic heterocycles. The van der Waals surface area contributed by atoms with Gasteiger partial charge in [-0.15, -0.1) is 0 Å². The Labute approximate surface area is 210 Å². The highest BCUT2D eigenvalue weighted by Crippen LogP contribution is 2.34. The van der Waals surface area contributed by atoms with Crippen LogP contribution >= 0.6 is 23.5 Å². The first-order valence-corrected chi connectivity index (χ1v) is 12.5. The van der Waals surface area contributed by atoms with Crippen molar-refractivity contribution in [3.05, 3.63) is 95.1 Å². The van der Waals surface area contributed by atoms with Crippen LogP contribution in [0.25, 0.3) is 16.8 Å². The maximum atomic E-state index is 12.8. The van der Waals surface area contributed by atoms with Gasteiger partial charge in [-0.25, -0.2) is 0 Å². The molecular formula is C27H20N2O4S2. The van der Waals surface area contributed by atoms with E-state index in [2.05, 4.69) is 5.32 Å². The van der Waals surface area contributed by atoms with Crippen LogP contribution in [-0.4, -0.2) is 28.5 Å². The van der Waals surface area contributed by atoms with Gasteiger partial charge in [-0.3, -0.25) is 19.3 Å². The zero-order chi connectivity index (χ0) is 24.4. The number of hydrogen-bond donors (Lipinski definition) is 1. The number of carbonyl (C=O) groups is 3. The van der Waals surface area contributed by atoms with Crippen LogP contribution in [0.15, 0.2) is 98.2 Å². The smallest absolute Gasteiger partial charge is 0.294 e. The summed E-state index contributed by atoms with van der Waals surface area (Å²) in [5.41, 5.74) is 1.81. The maximum Gasteiger partial charge on any atom is 0.294 e. The number of imide groups is 1. The average molecular weight is 501 g/mol. The number of fused-ring (bicyclic) bond motifs is 1. The van der Waals surface area contributed by atoms with Crippen molar-refractivity contribution in [2.75, 3.05) is 11.9 Å². The highest BCUT2D eigenvalue weighted by molar-refractivity contribution is 8.18. The Morgan fingerprint density at radius 1 is 1.00 bits per heavy atom. The molecule has 2 heterocycles. The van der Waals surface area contributed by atoms with E-state index >= 15 is 0 Å². The van der Waals surface area contributed by atoms with Crippen molar-refractivity contribution in [1.82, 2.24) is 4.90 Å². The van der Waals surface area contributed by atoms with Crippen LogP contribution in [0.3, 0.4) is 0 Å². The average Bonchev–Trinajstić information content (AvgIpc) is 3.40. The van der Waals surface area contributed by atoms with Gasteiger partial charge < -0.3 is 9.73 Å². The number of rotatable bonds is 6. The third kappa shape index (κ3) is 5.18. The van der Waals surface area contributed by atoms with Crippen molar-refractivity contribution < 1.29 is 18.8 Å². The summed E-state index contributed by atoms with van der Waals surface area (Å²) in [5.74, 6) is -0.498. The van der Waals surface area contributed by atoms with E-state index in [-0.39, 0.29) is 11.4 Å². The third-order valence-corrected chi connectivity index (χ3v) is 7.19. The van der Waals surface area contributed by atoms with Gasteiger partial charge in [0.2, 0.25) is 5.91 Å². The van der Waals surface area contributed by atoms with E-state index in [1.54, 1.807) is 12.1 Å². The number of benzene rings is 3. The second-order valence-corrected chi connectivity index (χ2v) is 9.99. The molecule has 6 nitrogen and oxygen atoms in total. The summed E-state index contributed by atoms with van der Waals surface area (Å²) in [6.45, 7) is 1.66. The molecule has 0 radical (unpaired) electrons. The summed E-state index contributed by atoms with van der Waals surface area (Å²) < 4.78 is 5.81. The van der Waals surface area contributed by atoms with Crippen molar-refractivity contribution in [2.45, 2.75) is 16.9 Å². The predicted octanol–water partition coefficient (Wildman–Crippen LogP) is 6.57. The van der Waals surface area contributed by atoms with Gasteiger partial charge in [0.25, 0.3) is 11.1 Å². The molecule has 1 aliphatic rings. The van der Waals surface area contributed by atoms with Gasteiger partial charge in [-0.05, 0) is 54.4 Å². The Morgan fingerprint density at radius 3 is 2.60 bits per heavy atom. The molecule has 0 atom stereocenters. The number of thioether (sulfide) groups is 1. The van der Waals surface area contributed by atoms with Crippen molar-refractivity contribution in [3.8, 4) is 0 Å². The number of hydrogen-bond acceptors (Lipinski definition) is 6. The molecule has 0 spiro atoms. The Morgan fingerprint density at radius 2 is 1.77 bits per heavy atom. The van der Waals surface area contributed by atoms with Gasteiger partial charge in [0, 0.05) is 22.0 Å². The van der Waals surface area contributed by atoms with Crippen LogP contribution in [-0.2, 0) is 9.59 Å². The van der Waals surface area contributed by atoms with E-state index in [4.69, 9.17) is 4.42 Å². The van der Waals surface area contributed by atoms with Crippen LogP contribution < -0.4 is 5.32 Å². The molecule has 1 aliphatic heterocycles. The van der Waals surface area contributed by atoms with Crippen molar-refractivity contribution >= 4 is 63.1 Å². The Kier molecular flexibility index (Phi) is 6.48. The molecule has 5 rings (SSSR count). The topological polar surface area (TPSA) is 79.6 Å². The Bertz CT molecular complexity index is 1470. The molecule has 174 valence electrons. The molecule has 1 fully saturated rings. The number of anilines is 1. The SMILES string of the molecule is Cc1ccc(Sc2ccc(/C=C3/SC(=O)N(CC(=O)Nc4cccc5ccccc45)C3=O)o2)cc1. The first-order chi connectivity index (χ1) is 17.0. The standard InChI is InChI=1S/C27H20N2O4S2/c1-17-9-12-20(13-10-17)34-25-14-11-19(33-25)15-23-26(31)29(27(32)35-23)16-24(30)28-22-8-4-6-18-5-2-3-7-21(18)22/h2-15H,16H2,1H3,(H,28,30)/b23-15+. The summed E-state index contributed by atoms with van der Waals surface area (Å²) in [6.07, 6.45) is 1.53. The zero-order valence-corrected chi connectivity index (χ0v) is 20.3. The molecule has 1 N–H and O–H groups in total. The first kappa shape index (κ1) is 23.0. The fraction of sp³-hybridized carbons (Fsp3) is 0.0741. The molecule has 0 bridgehead atoms. The number of amides is 3. The van der Waals surface area contributed by atoms with Crippen molar-refractivity contribution in [2.24, 2.45) is 0 Å². The zero-order valence-electron chi connectivity index (χ0n) is 18.7. The highest BCUT2D eigenvalue weighted by atomic mass is 32.2. The molecule has 0 unspecified atom stereocenters. The van der Waals surface area contributed by atoms with Crippen LogP contribution in [0.1, 0.15) is 11.3 Å². The molecule has 35 heavy (non-hydrogen) atoms. The molecule has 1 saturated heterocycles. The number of aryl methyl sites for hydroxylation is 1. The predicted molar refractivity (Wildman–Crippen MR) is 139 cm³/mol. The number of nitrogens with zero attached hydrogens (tertiary/aromatic N) is 1. The second kappa shape index (κ2) is 9.85. The Balaban J connectivity index is 1.25. The minimum absolute atomic E-state index is 0.217. The van der Waals surface area contributed by atoms with E-state index in [0.29, 0.717) is 16.5 Å². The van der Waals surface area contributed by atoms with Crippen molar-refractivity contribution in [3.63, 3.8) is 0 Å². The third-order valence-electron chi connectivity index (χ3n) is 5.35. The quantitative estimate of drug-likeness (QED) is 0.302. The minimum atomic E-state index is -0.516. The maximum absolute atomic E-state index is 12.8. The molecule has 0 aliphatic carbocycles. The van der Waals surface area contributed by atoms with Gasteiger partial charge in [0.15, 0.2) is 5.09 Å². The lowest BCUT2D eigenvalue weighted by molar-refractivity contribution is -0.127. The summed E-state index contributed by atoms with van der Waals surface area (Å²) in [7, 11) is 0. The lowest BCUT2D eigenvalue weighted by atomic mass is 10.1. The fourth-order valence-electron chi connectivity index (χ4n) is 3.62. The lowest BCUT2D eigenvalue weighted by Crippen LogP contribution is -2.36. The van der Waals surface area contributed by atoms with Crippen LogP contribution in [0.5, 0.6) is 0 Å². The number of nitrogens with one attached hydrogen (secondary N) is 1. The number of carbonyl (C=O) groups excluding carboxylic acids is 3. The van der Waals surface area contributed by atoms with Crippen LogP contribution in [0.2, 0.25) is 0 Å². The molecule has 0 saturated carbocycles. The lowest BCUT2D eigenvalue weighted by Gasteiger charge is -2.13. The summed E-state index contributed by atoms with van der Waals surface area (Å²) in [5, 5.41) is 4.86. The normalized spacial score (nSPS) is 14.8. The number of furan rings is 1. The fourth-order valence-corrected chi connectivity index (χ4v) is 5.22. The summed E-state index contributed by atoms with van der Waals surface area (Å²) in [6, 6.07) is 24.9. The molecule has 8 heteroatoms. The summed E-state index contributed by atoms with van der Waals surface area (Å²) in [4.78, 5) is 40.2. The first-order valence-electron chi connectivity index (χ1n) is 10.8. The molecule has 4 aromatic rings. The van der Waals surface area contributed by atoms with Gasteiger partial charge >= 0.3 is 0 Å². The van der Waals surface area contributed by atoms with E-state index in [9.17, 15) is 14.4 Å². The minimum Gasteiger partial charge on any atom is -0.450 e. The molecule has 3 aromatic carbocycles. The van der Waals surface area contributed by atoms with Gasteiger partial charge in [-0.1, -0.05) is 65.9 Å². The van der Waals surface area contributed by atoms with E-state index in [1.165, 1.54) is 23.4 Å². The Hall–Kier alpha value is -3.75. The van der Waals surface area contributed by atoms with E-state index in [1.807, 2.05) is 73.7 Å². The van der Waals surface area contributed by atoms with Crippen LogP contribution in [0.4, 0.5) is 10.5 Å². The van der Waals surface area contributed by atoms with Gasteiger partial charge in [-0.2, -0.15) is 0 Å². The van der Waals surface area contributed by atoms with Gasteiger partial charge in [0.1, 0.15) is 12.3 Å². The van der Waals surface area contributed by atoms with Gasteiger partial charge in [0.05, 0.1) is 4.91 Å². The second-order valence-electron chi connectivity index (χ2n) is 7.91. The monoisotopic (exact) mass is 500 g/mol. The largest absolute Gasteiger partial charge is 0.450 e. The van der Waals surface area contributed by atoms with Crippen molar-refractivity contribution in [1.29, 1.82) is 0 Å². The van der Waals surface area contributed by atoms with E-state index < -0.39 is 17.1 Å². The van der Waals surface area contributed by atoms with E-state index in [0.717, 1.165) is 32.3 Å². The highest BCUT2D eigenvalue weighted by Gasteiger charge is 2.36. The molecule has 3 amide bonds.